The van der Waals surface area contributed by atoms with Gasteiger partial charge in [0, 0.05) is 13.2 Å². The van der Waals surface area contributed by atoms with Crippen molar-refractivity contribution in [3.63, 3.8) is 0 Å². The molecule has 1 aromatic heterocycles. The fourth-order valence-corrected chi connectivity index (χ4v) is 4.50. The van der Waals surface area contributed by atoms with Crippen LogP contribution in [-0.2, 0) is 4.74 Å². The molecular formula is C25H25NO5. The highest BCUT2D eigenvalue weighted by Gasteiger charge is 2.44. The number of carbonyl (C=O) groups excluding carboxylic acids is 1. The Labute approximate surface area is 180 Å². The third-order valence-electron chi connectivity index (χ3n) is 5.94. The number of amides is 1. The summed E-state index contributed by atoms with van der Waals surface area (Å²) in [6.45, 7) is 3.78. The molecule has 0 saturated carbocycles. The van der Waals surface area contributed by atoms with Gasteiger partial charge in [-0.05, 0) is 49.1 Å². The lowest BCUT2D eigenvalue weighted by Crippen LogP contribution is -2.36. The van der Waals surface area contributed by atoms with Crippen molar-refractivity contribution in [3.05, 3.63) is 75.6 Å². The zero-order chi connectivity index (χ0) is 21.4. The molecule has 6 nitrogen and oxygen atoms in total. The molecule has 6 heteroatoms. The molecule has 1 saturated heterocycles. The van der Waals surface area contributed by atoms with Crippen LogP contribution in [0.15, 0.2) is 57.7 Å². The summed E-state index contributed by atoms with van der Waals surface area (Å²) in [6, 6.07) is 14.2. The van der Waals surface area contributed by atoms with E-state index in [0.29, 0.717) is 36.3 Å². The molecule has 160 valence electrons. The number of rotatable bonds is 6. The first-order valence-electron chi connectivity index (χ1n) is 10.9. The Hall–Kier alpha value is -3.12. The van der Waals surface area contributed by atoms with E-state index in [1.54, 1.807) is 29.2 Å². The highest BCUT2D eigenvalue weighted by Crippen LogP contribution is 2.39. The lowest BCUT2D eigenvalue weighted by atomic mass is 9.98. The van der Waals surface area contributed by atoms with Crippen molar-refractivity contribution in [2.24, 2.45) is 0 Å². The van der Waals surface area contributed by atoms with Gasteiger partial charge in [0.15, 0.2) is 5.43 Å². The smallest absolute Gasteiger partial charge is 0.291 e. The van der Waals surface area contributed by atoms with Gasteiger partial charge in [0.1, 0.15) is 11.3 Å². The Morgan fingerprint density at radius 3 is 2.81 bits per heavy atom. The zero-order valence-corrected chi connectivity index (χ0v) is 17.5. The van der Waals surface area contributed by atoms with Crippen LogP contribution in [-0.4, -0.2) is 36.7 Å². The van der Waals surface area contributed by atoms with E-state index in [-0.39, 0.29) is 23.2 Å². The summed E-state index contributed by atoms with van der Waals surface area (Å²) in [4.78, 5) is 28.6. The van der Waals surface area contributed by atoms with Gasteiger partial charge in [-0.1, -0.05) is 31.2 Å². The van der Waals surface area contributed by atoms with E-state index < -0.39 is 6.04 Å². The van der Waals surface area contributed by atoms with Crippen molar-refractivity contribution in [1.29, 1.82) is 0 Å². The van der Waals surface area contributed by atoms with E-state index in [9.17, 15) is 9.59 Å². The van der Waals surface area contributed by atoms with E-state index in [2.05, 4.69) is 6.92 Å². The van der Waals surface area contributed by atoms with Crippen LogP contribution in [0.1, 0.15) is 53.9 Å². The maximum absolute atomic E-state index is 13.5. The summed E-state index contributed by atoms with van der Waals surface area (Å²) in [7, 11) is 0. The summed E-state index contributed by atoms with van der Waals surface area (Å²) >= 11 is 0. The van der Waals surface area contributed by atoms with Crippen LogP contribution < -0.4 is 10.2 Å². The summed E-state index contributed by atoms with van der Waals surface area (Å²) in [6.07, 6.45) is 2.74. The average Bonchev–Trinajstić information content (AvgIpc) is 3.40. The quantitative estimate of drug-likeness (QED) is 0.596. The Balaban J connectivity index is 1.65. The van der Waals surface area contributed by atoms with E-state index in [4.69, 9.17) is 13.9 Å². The third-order valence-corrected chi connectivity index (χ3v) is 5.94. The fourth-order valence-electron chi connectivity index (χ4n) is 4.50. The molecule has 3 aromatic rings. The first-order valence-corrected chi connectivity index (χ1v) is 10.9. The van der Waals surface area contributed by atoms with Crippen LogP contribution in [0, 0.1) is 0 Å². The van der Waals surface area contributed by atoms with Crippen LogP contribution in [0.5, 0.6) is 5.75 Å². The molecular weight excluding hydrogens is 394 g/mol. The Morgan fingerprint density at radius 2 is 2.00 bits per heavy atom. The second-order valence-corrected chi connectivity index (χ2v) is 8.09. The van der Waals surface area contributed by atoms with Gasteiger partial charge in [-0.15, -0.1) is 0 Å². The van der Waals surface area contributed by atoms with Crippen LogP contribution in [0.25, 0.3) is 11.0 Å². The molecule has 0 spiro atoms. The van der Waals surface area contributed by atoms with Gasteiger partial charge < -0.3 is 18.8 Å². The van der Waals surface area contributed by atoms with Gasteiger partial charge in [-0.25, -0.2) is 0 Å². The zero-order valence-electron chi connectivity index (χ0n) is 17.5. The normalized spacial score (nSPS) is 20.4. The van der Waals surface area contributed by atoms with E-state index in [1.165, 1.54) is 0 Å². The van der Waals surface area contributed by atoms with Crippen LogP contribution in [0.3, 0.4) is 0 Å². The molecule has 0 bridgehead atoms. The van der Waals surface area contributed by atoms with Crippen molar-refractivity contribution in [2.45, 2.75) is 38.3 Å². The monoisotopic (exact) mass is 419 g/mol. The first-order chi connectivity index (χ1) is 15.2. The average molecular weight is 419 g/mol. The van der Waals surface area contributed by atoms with Crippen molar-refractivity contribution in [1.82, 2.24) is 4.90 Å². The van der Waals surface area contributed by atoms with Crippen LogP contribution in [0.4, 0.5) is 0 Å². The minimum atomic E-state index is -0.530. The predicted octanol–water partition coefficient (Wildman–Crippen LogP) is 4.31. The number of nitrogens with zero attached hydrogens (tertiary/aromatic N) is 1. The first kappa shape index (κ1) is 19.8. The molecule has 0 N–H and O–H groups in total. The minimum Gasteiger partial charge on any atom is -0.494 e. The lowest BCUT2D eigenvalue weighted by Gasteiger charge is -2.27. The van der Waals surface area contributed by atoms with Gasteiger partial charge in [0.2, 0.25) is 5.76 Å². The van der Waals surface area contributed by atoms with Crippen molar-refractivity contribution in [2.75, 3.05) is 19.8 Å². The molecule has 3 heterocycles. The highest BCUT2D eigenvalue weighted by molar-refractivity contribution is 5.99. The number of fused-ring (bicyclic) bond motifs is 2. The topological polar surface area (TPSA) is 69.0 Å². The molecule has 1 amide bonds. The maximum Gasteiger partial charge on any atom is 0.291 e. The van der Waals surface area contributed by atoms with Gasteiger partial charge in [-0.3, -0.25) is 9.59 Å². The molecule has 2 aliphatic heterocycles. The third kappa shape index (κ3) is 3.51. The molecule has 0 aliphatic carbocycles. The summed E-state index contributed by atoms with van der Waals surface area (Å²) in [5.41, 5.74) is 1.50. The SMILES string of the molecule is CCCOc1cccc([C@H]2c3c(oc4ccccc4c3=O)C(=O)N2C[C@@H]2CCCO2)c1. The second-order valence-electron chi connectivity index (χ2n) is 8.09. The molecule has 1 fully saturated rings. The standard InChI is InChI=1S/C25H25NO5/c1-2-12-29-17-8-5-7-16(14-17)22-21-23(27)19-10-3-4-11-20(19)31-24(21)25(28)26(22)15-18-9-6-13-30-18/h3-5,7-8,10-11,14,18,22H,2,6,9,12-13,15H2,1H3/t18-,22-/m0/s1. The molecule has 5 rings (SSSR count). The van der Waals surface area contributed by atoms with Gasteiger partial charge in [-0.2, -0.15) is 0 Å². The molecule has 0 unspecified atom stereocenters. The van der Waals surface area contributed by atoms with Gasteiger partial charge in [0.25, 0.3) is 5.91 Å². The molecule has 2 atom stereocenters. The van der Waals surface area contributed by atoms with Crippen molar-refractivity contribution < 1.29 is 18.7 Å². The summed E-state index contributed by atoms with van der Waals surface area (Å²) in [5.74, 6) is 0.590. The van der Waals surface area contributed by atoms with Gasteiger partial charge >= 0.3 is 0 Å². The number of para-hydroxylation sites is 1. The molecule has 0 radical (unpaired) electrons. The number of hydrogen-bond acceptors (Lipinski definition) is 5. The number of hydrogen-bond donors (Lipinski definition) is 0. The lowest BCUT2D eigenvalue weighted by molar-refractivity contribution is 0.0486. The van der Waals surface area contributed by atoms with Gasteiger partial charge in [0.05, 0.1) is 29.7 Å². The predicted molar refractivity (Wildman–Crippen MR) is 117 cm³/mol. The van der Waals surface area contributed by atoms with Crippen LogP contribution >= 0.6 is 0 Å². The Bertz CT molecular complexity index is 1180. The largest absolute Gasteiger partial charge is 0.494 e. The highest BCUT2D eigenvalue weighted by atomic mass is 16.5. The summed E-state index contributed by atoms with van der Waals surface area (Å²) < 4.78 is 17.6. The minimum absolute atomic E-state index is 0.0372. The fraction of sp³-hybridized carbons (Fsp3) is 0.360. The molecule has 2 aromatic carbocycles. The van der Waals surface area contributed by atoms with E-state index in [1.807, 2.05) is 24.3 Å². The molecule has 2 aliphatic rings. The molecule has 31 heavy (non-hydrogen) atoms. The summed E-state index contributed by atoms with van der Waals surface area (Å²) in [5, 5.41) is 0.483. The number of ether oxygens (including phenoxy) is 2. The van der Waals surface area contributed by atoms with Crippen LogP contribution in [0.2, 0.25) is 0 Å². The van der Waals surface area contributed by atoms with Crippen molar-refractivity contribution in [3.8, 4) is 5.75 Å². The number of benzene rings is 2. The van der Waals surface area contributed by atoms with Crippen molar-refractivity contribution >= 4 is 16.9 Å². The van der Waals surface area contributed by atoms with E-state index >= 15 is 0 Å². The van der Waals surface area contributed by atoms with E-state index in [0.717, 1.165) is 30.6 Å². The number of carbonyl (C=O) groups is 1. The Kier molecular flexibility index (Phi) is 5.24. The Morgan fingerprint density at radius 1 is 1.13 bits per heavy atom. The maximum atomic E-state index is 13.5. The second kappa shape index (κ2) is 8.19.